The largest absolute Gasteiger partial charge is 0.402 e. The van der Waals surface area contributed by atoms with Crippen molar-refractivity contribution in [1.82, 2.24) is 0 Å². The first-order chi connectivity index (χ1) is 10.3. The van der Waals surface area contributed by atoms with E-state index >= 15 is 0 Å². The van der Waals surface area contributed by atoms with Crippen molar-refractivity contribution >= 4 is 0 Å². The Morgan fingerprint density at radius 1 is 1.14 bits per heavy atom. The van der Waals surface area contributed by atoms with Gasteiger partial charge in [-0.25, -0.2) is 0 Å². The van der Waals surface area contributed by atoms with Crippen LogP contribution in [0, 0.1) is 34.5 Å². The Morgan fingerprint density at radius 3 is 2.68 bits per heavy atom. The average molecular weight is 303 g/mol. The lowest BCUT2D eigenvalue weighted by Gasteiger charge is -2.62. The van der Waals surface area contributed by atoms with Crippen LogP contribution in [-0.2, 0) is 0 Å². The van der Waals surface area contributed by atoms with E-state index in [0.717, 1.165) is 31.4 Å². The lowest BCUT2D eigenvalue weighted by molar-refractivity contribution is -0.291. The normalized spacial score (nSPS) is 52.5. The van der Waals surface area contributed by atoms with Crippen molar-refractivity contribution in [3.05, 3.63) is 23.9 Å². The summed E-state index contributed by atoms with van der Waals surface area (Å²) in [4.78, 5) is 0. The molecule has 4 N–H and O–H groups in total. The summed E-state index contributed by atoms with van der Waals surface area (Å²) in [7, 11) is 0. The number of aliphatic hydroxyl groups is 2. The van der Waals surface area contributed by atoms with Gasteiger partial charge < -0.3 is 15.9 Å². The highest BCUT2D eigenvalue weighted by molar-refractivity contribution is 5.24. The Bertz CT molecular complexity index is 552. The third kappa shape index (κ3) is 1.59. The number of hydrogen-bond donors (Lipinski definition) is 3. The van der Waals surface area contributed by atoms with E-state index in [0.29, 0.717) is 30.1 Å². The van der Waals surface area contributed by atoms with Gasteiger partial charge in [0.05, 0.1) is 0 Å². The smallest absolute Gasteiger partial charge is 0.172 e. The number of fused-ring (bicyclic) bond motifs is 5. The quantitative estimate of drug-likeness (QED) is 0.476. The maximum absolute atomic E-state index is 10.8. The molecule has 0 aromatic heterocycles. The van der Waals surface area contributed by atoms with Gasteiger partial charge >= 0.3 is 0 Å². The van der Waals surface area contributed by atoms with Crippen molar-refractivity contribution in [2.45, 2.75) is 58.2 Å². The molecule has 0 aromatic rings. The first-order valence-corrected chi connectivity index (χ1v) is 8.88. The van der Waals surface area contributed by atoms with Crippen molar-refractivity contribution in [3.63, 3.8) is 0 Å². The van der Waals surface area contributed by atoms with Crippen LogP contribution in [0.1, 0.15) is 52.4 Å². The summed E-state index contributed by atoms with van der Waals surface area (Å²) in [5, 5.41) is 21.6. The first kappa shape index (κ1) is 14.8. The fraction of sp³-hybridized carbons (Fsp3) is 0.789. The predicted octanol–water partition coefficient (Wildman–Crippen LogP) is 2.94. The van der Waals surface area contributed by atoms with Crippen LogP contribution < -0.4 is 5.73 Å². The molecule has 0 spiro atoms. The molecular weight excluding hydrogens is 274 g/mol. The van der Waals surface area contributed by atoms with Crippen LogP contribution in [0.25, 0.3) is 0 Å². The van der Waals surface area contributed by atoms with E-state index in [4.69, 9.17) is 5.73 Å². The summed E-state index contributed by atoms with van der Waals surface area (Å²) in [6.07, 6.45) is 12.3. The monoisotopic (exact) mass is 303 g/mol. The van der Waals surface area contributed by atoms with Crippen LogP contribution in [-0.4, -0.2) is 16.0 Å². The summed E-state index contributed by atoms with van der Waals surface area (Å²) in [6, 6.07) is 0. The van der Waals surface area contributed by atoms with Gasteiger partial charge in [-0.2, -0.15) is 0 Å². The molecule has 0 heterocycles. The van der Waals surface area contributed by atoms with Gasteiger partial charge in [0.25, 0.3) is 0 Å². The topological polar surface area (TPSA) is 66.5 Å². The summed E-state index contributed by atoms with van der Waals surface area (Å²) < 4.78 is 0. The number of rotatable bonds is 0. The molecular formula is C19H29NO2. The molecule has 2 saturated carbocycles. The Balaban J connectivity index is 1.73. The second-order valence-corrected chi connectivity index (χ2v) is 8.64. The molecule has 3 nitrogen and oxygen atoms in total. The van der Waals surface area contributed by atoms with E-state index in [2.05, 4.69) is 26.0 Å². The maximum atomic E-state index is 10.8. The van der Waals surface area contributed by atoms with E-state index in [1.807, 2.05) is 6.08 Å². The molecule has 22 heavy (non-hydrogen) atoms. The van der Waals surface area contributed by atoms with Gasteiger partial charge in [-0.05, 0) is 55.8 Å². The fourth-order valence-corrected chi connectivity index (χ4v) is 6.49. The summed E-state index contributed by atoms with van der Waals surface area (Å²) in [5.41, 5.74) is 7.12. The molecule has 3 heteroatoms. The van der Waals surface area contributed by atoms with E-state index in [9.17, 15) is 10.2 Å². The molecule has 0 aromatic carbocycles. The molecule has 0 radical (unpaired) electrons. The Morgan fingerprint density at radius 2 is 1.91 bits per heavy atom. The van der Waals surface area contributed by atoms with Crippen LogP contribution in [0.15, 0.2) is 23.9 Å². The molecule has 2 fully saturated rings. The lowest BCUT2D eigenvalue weighted by atomic mass is 9.44. The van der Waals surface area contributed by atoms with Crippen LogP contribution >= 0.6 is 0 Å². The van der Waals surface area contributed by atoms with E-state index < -0.39 is 11.2 Å². The van der Waals surface area contributed by atoms with Crippen LogP contribution in [0.4, 0.5) is 0 Å². The average Bonchev–Trinajstić information content (AvgIpc) is 2.76. The highest BCUT2D eigenvalue weighted by Gasteiger charge is 2.63. The van der Waals surface area contributed by atoms with E-state index in [1.54, 1.807) is 0 Å². The highest BCUT2D eigenvalue weighted by atomic mass is 16.5. The minimum atomic E-state index is -1.57. The molecule has 0 bridgehead atoms. The maximum Gasteiger partial charge on any atom is 0.172 e. The van der Waals surface area contributed by atoms with Gasteiger partial charge in [0.1, 0.15) is 0 Å². The van der Waals surface area contributed by atoms with Gasteiger partial charge in [-0.1, -0.05) is 32.1 Å². The lowest BCUT2D eigenvalue weighted by Crippen LogP contribution is -2.62. The highest BCUT2D eigenvalue weighted by Crippen LogP contribution is 2.66. The van der Waals surface area contributed by atoms with Crippen molar-refractivity contribution in [3.8, 4) is 0 Å². The van der Waals surface area contributed by atoms with Crippen LogP contribution in [0.5, 0.6) is 0 Å². The van der Waals surface area contributed by atoms with Crippen molar-refractivity contribution in [2.24, 2.45) is 40.2 Å². The van der Waals surface area contributed by atoms with Gasteiger partial charge in [0.2, 0.25) is 0 Å². The summed E-state index contributed by atoms with van der Waals surface area (Å²) >= 11 is 0. The predicted molar refractivity (Wildman–Crippen MR) is 86.5 cm³/mol. The molecule has 4 aliphatic carbocycles. The van der Waals surface area contributed by atoms with Gasteiger partial charge in [0.15, 0.2) is 5.79 Å². The number of nitrogens with two attached hydrogens (primary N) is 1. The zero-order valence-corrected chi connectivity index (χ0v) is 13.8. The fourth-order valence-electron chi connectivity index (χ4n) is 6.49. The number of allylic oxidation sites excluding steroid dienone is 3. The summed E-state index contributed by atoms with van der Waals surface area (Å²) in [6.45, 7) is 4.46. The van der Waals surface area contributed by atoms with Crippen LogP contribution in [0.3, 0.4) is 0 Å². The third-order valence-corrected chi connectivity index (χ3v) is 8.06. The minimum absolute atomic E-state index is 0.141. The van der Waals surface area contributed by atoms with Crippen molar-refractivity contribution < 1.29 is 10.2 Å². The zero-order valence-electron chi connectivity index (χ0n) is 13.8. The van der Waals surface area contributed by atoms with Crippen molar-refractivity contribution in [1.29, 1.82) is 0 Å². The molecule has 4 rings (SSSR count). The Hall–Kier alpha value is -0.800. The molecule has 6 atom stereocenters. The summed E-state index contributed by atoms with van der Waals surface area (Å²) in [5.74, 6) is 0.284. The van der Waals surface area contributed by atoms with E-state index in [1.165, 1.54) is 6.42 Å². The Kier molecular flexibility index (Phi) is 2.95. The standard InChI is InChI=1S/C19H29NO2/c1-17-11-9-15-13(14(17)7-8-16(17)20)6-5-12-4-3-10-19(21,22)18(12,15)2/h3-4,8,12-15,21-22H,5-7,9-11,20H2,1-2H3/t12-,13-,14-,15-,17-,18-/m0/s1. The first-order valence-electron chi connectivity index (χ1n) is 8.88. The molecule has 4 aliphatic rings. The second kappa shape index (κ2) is 4.39. The molecule has 0 saturated heterocycles. The third-order valence-electron chi connectivity index (χ3n) is 8.06. The van der Waals surface area contributed by atoms with Gasteiger partial charge in [-0.15, -0.1) is 0 Å². The second-order valence-electron chi connectivity index (χ2n) is 8.64. The van der Waals surface area contributed by atoms with Crippen LogP contribution in [0.2, 0.25) is 0 Å². The Labute approximate surface area is 133 Å². The molecule has 122 valence electrons. The molecule has 0 aliphatic heterocycles. The molecule has 0 amide bonds. The van der Waals surface area contributed by atoms with E-state index in [-0.39, 0.29) is 5.41 Å². The minimum Gasteiger partial charge on any atom is -0.402 e. The number of hydrogen-bond acceptors (Lipinski definition) is 3. The van der Waals surface area contributed by atoms with Gasteiger partial charge in [-0.3, -0.25) is 0 Å². The molecule has 0 unspecified atom stereocenters. The van der Waals surface area contributed by atoms with Crippen molar-refractivity contribution in [2.75, 3.05) is 0 Å². The van der Waals surface area contributed by atoms with Gasteiger partial charge in [0, 0.05) is 22.9 Å². The zero-order chi connectivity index (χ0) is 15.8. The SMILES string of the molecule is C[C@@]12[C@@H](C=CCC1(O)O)CC[C@@H]1[C@@H]2CC[C@]2(C)C(N)=CC[C@@H]12.